The molecular weight excluding hydrogens is 163 g/mol. The Hall–Kier alpha value is 0.782. The molecule has 1 nitrogen and oxygen atoms in total. The minimum absolute atomic E-state index is 0.0527. The van der Waals surface area contributed by atoms with Crippen LogP contribution in [0.4, 0.5) is 0 Å². The van der Waals surface area contributed by atoms with E-state index in [0.29, 0.717) is 0 Å². The smallest absolute Gasteiger partial charge is 0.461 e. The van der Waals surface area contributed by atoms with Crippen LogP contribution in [0.2, 0.25) is 10.6 Å². The summed E-state index contributed by atoms with van der Waals surface area (Å²) in [4.78, 5) is 0. The first kappa shape index (κ1) is 8.88. The van der Waals surface area contributed by atoms with E-state index in [9.17, 15) is 0 Å². The lowest BCUT2D eigenvalue weighted by molar-refractivity contribution is 0.246. The quantitative estimate of drug-likeness (QED) is 0.465. The second-order valence-corrected chi connectivity index (χ2v) is 6.05. The third-order valence-corrected chi connectivity index (χ3v) is 5.39. The fourth-order valence-corrected chi connectivity index (χ4v) is 4.43. The van der Waals surface area contributed by atoms with Crippen LogP contribution < -0.4 is 0 Å². The molecule has 1 aliphatic heterocycles. The van der Waals surface area contributed by atoms with E-state index in [4.69, 9.17) is 15.4 Å². The zero-order valence-electron chi connectivity index (χ0n) is 6.48. The normalized spacial score (nSPS) is 27.0. The van der Waals surface area contributed by atoms with Gasteiger partial charge in [0.2, 0.25) is 0 Å². The summed E-state index contributed by atoms with van der Waals surface area (Å²) in [7, 11) is 0. The number of halogens is 1. The molecule has 1 fully saturated rings. The second-order valence-electron chi connectivity index (χ2n) is 2.89. The fourth-order valence-electron chi connectivity index (χ4n) is 1.39. The number of alkyl halides is 1. The Morgan fingerprint density at radius 3 is 3.10 bits per heavy atom. The lowest BCUT2D eigenvalue weighted by Crippen LogP contribution is -2.27. The summed E-state index contributed by atoms with van der Waals surface area (Å²) in [6.07, 6.45) is 3.63. The van der Waals surface area contributed by atoms with Gasteiger partial charge in [-0.25, -0.2) is 0 Å². The zero-order valence-corrected chi connectivity index (χ0v) is 8.39. The molecule has 0 aliphatic carbocycles. The molecule has 10 heavy (non-hydrogen) atoms. The van der Waals surface area contributed by atoms with Gasteiger partial charge in [0.25, 0.3) is 0 Å². The summed E-state index contributed by atoms with van der Waals surface area (Å²) < 4.78 is 5.63. The van der Waals surface area contributed by atoms with Gasteiger partial charge in [-0.1, -0.05) is 41.9 Å². The van der Waals surface area contributed by atoms with Crippen LogP contribution in [0.5, 0.6) is 0 Å². The summed E-state index contributed by atoms with van der Waals surface area (Å²) in [5.74, 6) is 0. The van der Waals surface area contributed by atoms with Gasteiger partial charge in [0, 0.05) is 0 Å². The Bertz CT molecular complexity index is 97.6. The highest BCUT2D eigenvalue weighted by Gasteiger charge is 2.26. The van der Waals surface area contributed by atoms with E-state index in [-0.39, 0.29) is 5.56 Å². The number of hydrogen-bond acceptors (Lipinski definition) is 1. The van der Waals surface area contributed by atoms with Crippen LogP contribution in [0.25, 0.3) is 0 Å². The summed E-state index contributed by atoms with van der Waals surface area (Å²) in [6, 6.07) is 0. The molecule has 0 aromatic heterocycles. The average Bonchev–Trinajstić information content (AvgIpc) is 1.88. The Balaban J connectivity index is 2.18. The van der Waals surface area contributed by atoms with Gasteiger partial charge in [-0.15, -0.1) is 0 Å². The molecule has 0 amide bonds. The highest BCUT2D eigenvalue weighted by Crippen LogP contribution is 2.22. The maximum absolute atomic E-state index is 5.86. The van der Waals surface area contributed by atoms with Crippen molar-refractivity contribution >= 4 is 26.1 Å². The van der Waals surface area contributed by atoms with Crippen molar-refractivity contribution in [3.63, 3.8) is 0 Å². The summed E-state index contributed by atoms with van der Waals surface area (Å²) in [5.41, 5.74) is 0.0527. The fraction of sp³-hybridized carbons (Fsp3) is 1.00. The maximum Gasteiger partial charge on any atom is 0.461 e. The van der Waals surface area contributed by atoms with Crippen LogP contribution in [0.15, 0.2) is 0 Å². The van der Waals surface area contributed by atoms with Crippen molar-refractivity contribution in [1.29, 1.82) is 0 Å². The van der Waals surface area contributed by atoms with Gasteiger partial charge in [0.1, 0.15) is 5.56 Å². The summed E-state index contributed by atoms with van der Waals surface area (Å²) in [6.45, 7) is 2.22. The maximum atomic E-state index is 5.86. The van der Waals surface area contributed by atoms with Crippen molar-refractivity contribution in [3.05, 3.63) is 0 Å². The van der Waals surface area contributed by atoms with Crippen molar-refractivity contribution in [1.82, 2.24) is 0 Å². The SMILES string of the molecule is CC[CH2][Al]1[CH2]CCC(Cl)[O]1. The Morgan fingerprint density at radius 2 is 2.50 bits per heavy atom. The summed E-state index contributed by atoms with van der Waals surface area (Å²) >= 11 is 5.04. The molecule has 58 valence electrons. The Labute approximate surface area is 72.4 Å². The first-order valence-electron chi connectivity index (χ1n) is 4.12. The predicted octanol–water partition coefficient (Wildman–Crippen LogP) is 2.76. The van der Waals surface area contributed by atoms with E-state index in [1.165, 1.54) is 23.4 Å². The van der Waals surface area contributed by atoms with Gasteiger partial charge in [0.15, 0.2) is 0 Å². The molecule has 0 N–H and O–H groups in total. The van der Waals surface area contributed by atoms with Gasteiger partial charge in [-0.2, -0.15) is 0 Å². The molecule has 1 heterocycles. The van der Waals surface area contributed by atoms with Gasteiger partial charge in [-0.05, 0) is 6.42 Å². The van der Waals surface area contributed by atoms with Crippen LogP contribution in [-0.4, -0.2) is 20.0 Å². The van der Waals surface area contributed by atoms with Crippen molar-refractivity contribution in [3.8, 4) is 0 Å². The molecule has 1 saturated heterocycles. The molecular formula is C7H14AlClO. The van der Waals surface area contributed by atoms with Gasteiger partial charge in [-0.3, -0.25) is 0 Å². The molecule has 1 rings (SSSR count). The van der Waals surface area contributed by atoms with Crippen molar-refractivity contribution in [2.45, 2.75) is 42.3 Å². The largest absolute Gasteiger partial charge is 0.487 e. The predicted molar refractivity (Wildman–Crippen MR) is 45.6 cm³/mol. The molecule has 1 atom stereocenters. The number of hydrogen-bond donors (Lipinski definition) is 0. The lowest BCUT2D eigenvalue weighted by atomic mass is 10.3. The highest BCUT2D eigenvalue weighted by molar-refractivity contribution is 6.52. The van der Waals surface area contributed by atoms with Crippen LogP contribution in [0.1, 0.15) is 26.2 Å². The van der Waals surface area contributed by atoms with E-state index >= 15 is 0 Å². The average molecular weight is 177 g/mol. The molecule has 1 aliphatic rings. The standard InChI is InChI=1S/C4H7ClO.C3H7.Al/c1-2-3-4(5)6;1-3-2;/h4H,1-3H2;1,3H2,2H3;/q-1;;+1. The monoisotopic (exact) mass is 176 g/mol. The van der Waals surface area contributed by atoms with E-state index < -0.39 is 14.5 Å². The zero-order chi connectivity index (χ0) is 7.40. The van der Waals surface area contributed by atoms with Crippen LogP contribution in [0, 0.1) is 0 Å². The van der Waals surface area contributed by atoms with E-state index in [1.807, 2.05) is 0 Å². The van der Waals surface area contributed by atoms with Crippen molar-refractivity contribution in [2.24, 2.45) is 0 Å². The second kappa shape index (κ2) is 4.62. The van der Waals surface area contributed by atoms with Crippen molar-refractivity contribution < 1.29 is 3.79 Å². The van der Waals surface area contributed by atoms with E-state index in [1.54, 1.807) is 0 Å². The topological polar surface area (TPSA) is 9.23 Å². The van der Waals surface area contributed by atoms with Gasteiger partial charge in [0.05, 0.1) is 0 Å². The molecule has 0 aromatic rings. The molecule has 0 radical (unpaired) electrons. The molecule has 0 bridgehead atoms. The minimum Gasteiger partial charge on any atom is -0.487 e. The summed E-state index contributed by atoms with van der Waals surface area (Å²) in [5, 5.41) is 2.65. The minimum atomic E-state index is -0.816. The molecule has 0 saturated carbocycles. The highest BCUT2D eigenvalue weighted by atomic mass is 35.5. The third kappa shape index (κ3) is 2.80. The number of rotatable bonds is 2. The third-order valence-electron chi connectivity index (χ3n) is 1.91. The van der Waals surface area contributed by atoms with Gasteiger partial charge >= 0.3 is 14.5 Å². The lowest BCUT2D eigenvalue weighted by Gasteiger charge is -2.22. The molecule has 3 heteroatoms. The van der Waals surface area contributed by atoms with Crippen molar-refractivity contribution in [2.75, 3.05) is 0 Å². The Kier molecular flexibility index (Phi) is 4.10. The molecule has 0 spiro atoms. The molecule has 1 unspecified atom stereocenters. The first-order valence-corrected chi connectivity index (χ1v) is 6.66. The van der Waals surface area contributed by atoms with E-state index in [2.05, 4.69) is 6.92 Å². The van der Waals surface area contributed by atoms with Crippen LogP contribution in [0.3, 0.4) is 0 Å². The Morgan fingerprint density at radius 1 is 1.70 bits per heavy atom. The first-order chi connectivity index (χ1) is 4.83. The van der Waals surface area contributed by atoms with E-state index in [0.717, 1.165) is 6.42 Å². The molecule has 0 aromatic carbocycles. The van der Waals surface area contributed by atoms with Gasteiger partial charge < -0.3 is 3.79 Å². The van der Waals surface area contributed by atoms with Crippen LogP contribution >= 0.6 is 11.6 Å². The van der Waals surface area contributed by atoms with Crippen LogP contribution in [-0.2, 0) is 3.79 Å².